The van der Waals surface area contributed by atoms with Gasteiger partial charge in [0.1, 0.15) is 5.56 Å². The number of nitrogens with two attached hydrogens (primary N) is 1. The maximum Gasteiger partial charge on any atom is 0.255 e. The minimum absolute atomic E-state index is 0.0588. The molecule has 0 radical (unpaired) electrons. The lowest BCUT2D eigenvalue weighted by Gasteiger charge is -2.15. The summed E-state index contributed by atoms with van der Waals surface area (Å²) in [7, 11) is 0. The molecule has 0 aliphatic carbocycles. The summed E-state index contributed by atoms with van der Waals surface area (Å²) >= 11 is 5.81. The minimum Gasteiger partial charge on any atom is -0.761 e. The predicted octanol–water partition coefficient (Wildman–Crippen LogP) is 3.27. The Balaban J connectivity index is 2.47. The van der Waals surface area contributed by atoms with Gasteiger partial charge in [0, 0.05) is 10.6 Å². The van der Waals surface area contributed by atoms with E-state index in [4.69, 9.17) is 17.3 Å². The first kappa shape index (κ1) is 16.5. The molecular formula is C16H13ClN3O3-. The number of primary amides is 1. The van der Waals surface area contributed by atoms with Gasteiger partial charge >= 0.3 is 0 Å². The molecule has 3 N–H and O–H groups in total. The Bertz CT molecular complexity index is 786. The molecule has 0 fully saturated rings. The third kappa shape index (κ3) is 3.68. The fourth-order valence-electron chi connectivity index (χ4n) is 2.01. The summed E-state index contributed by atoms with van der Waals surface area (Å²) in [4.78, 5) is 11.5. The number of hydrogen-bond acceptors (Lipinski definition) is 4. The van der Waals surface area contributed by atoms with Gasteiger partial charge in [-0.1, -0.05) is 36.4 Å². The van der Waals surface area contributed by atoms with Crippen LogP contribution < -0.4 is 11.2 Å². The maximum absolute atomic E-state index is 12.4. The number of carbonyl (C=O) groups is 1. The first-order chi connectivity index (χ1) is 10.9. The number of halogens is 1. The lowest BCUT2D eigenvalue weighted by Crippen LogP contribution is -2.15. The largest absolute Gasteiger partial charge is 0.761 e. The number of para-hydroxylation sites is 1. The van der Waals surface area contributed by atoms with E-state index in [0.29, 0.717) is 20.9 Å². The van der Waals surface area contributed by atoms with Gasteiger partial charge in [-0.15, -0.1) is 0 Å². The van der Waals surface area contributed by atoms with Crippen LogP contribution in [0.1, 0.15) is 15.9 Å². The molecule has 0 aliphatic heterocycles. The van der Waals surface area contributed by atoms with Crippen LogP contribution in [0.2, 0.25) is 5.02 Å². The first-order valence-electron chi connectivity index (χ1n) is 6.51. The van der Waals surface area contributed by atoms with Crippen molar-refractivity contribution in [3.05, 3.63) is 75.6 Å². The van der Waals surface area contributed by atoms with Crippen LogP contribution in [-0.4, -0.2) is 16.9 Å². The Kier molecular flexibility index (Phi) is 5.00. The molecule has 0 spiro atoms. The second-order valence-corrected chi connectivity index (χ2v) is 5.09. The summed E-state index contributed by atoms with van der Waals surface area (Å²) in [5.41, 5.74) is 7.64. The highest BCUT2D eigenvalue weighted by Gasteiger charge is 2.19. The van der Waals surface area contributed by atoms with Crippen molar-refractivity contribution in [1.82, 2.24) is 0 Å². The van der Waals surface area contributed by atoms with Crippen molar-refractivity contribution < 1.29 is 9.53 Å². The van der Waals surface area contributed by atoms with Gasteiger partial charge in [-0.2, -0.15) is 4.74 Å². The van der Waals surface area contributed by atoms with Crippen LogP contribution in [0.5, 0.6) is 0 Å². The molecule has 0 bridgehead atoms. The van der Waals surface area contributed by atoms with E-state index in [2.05, 4.69) is 6.58 Å². The topological polar surface area (TPSA) is 104 Å². The number of nitrogens with one attached hydrogen (secondary N) is 1. The SMILES string of the molecule is C=C(/C=[N+](/[O-])c1c(N[O-])cccc1C(N)=O)c1ccc(Cl)cc1. The molecule has 6 nitrogen and oxygen atoms in total. The molecule has 118 valence electrons. The molecule has 0 atom stereocenters. The highest BCUT2D eigenvalue weighted by atomic mass is 35.5. The molecule has 0 saturated heterocycles. The van der Waals surface area contributed by atoms with E-state index in [9.17, 15) is 15.2 Å². The van der Waals surface area contributed by atoms with Crippen LogP contribution in [0, 0.1) is 10.4 Å². The maximum atomic E-state index is 12.4. The molecule has 2 aromatic rings. The van der Waals surface area contributed by atoms with Gasteiger partial charge < -0.3 is 21.6 Å². The van der Waals surface area contributed by atoms with E-state index in [-0.39, 0.29) is 16.9 Å². The molecule has 1 amide bonds. The third-order valence-electron chi connectivity index (χ3n) is 3.12. The van der Waals surface area contributed by atoms with E-state index in [1.165, 1.54) is 18.2 Å². The average Bonchev–Trinajstić information content (AvgIpc) is 2.54. The van der Waals surface area contributed by atoms with Gasteiger partial charge in [0.25, 0.3) is 11.6 Å². The lowest BCUT2D eigenvalue weighted by atomic mass is 10.1. The van der Waals surface area contributed by atoms with Crippen LogP contribution in [0.25, 0.3) is 5.57 Å². The zero-order chi connectivity index (χ0) is 17.0. The standard InChI is InChI=1S/C16H13ClN3O3/c1-10(11-5-7-12(17)8-6-11)9-20(23)15-13(16(18)21)3-2-4-14(15)19-22/h2-9,19H,1H2,(H2,18,21)/q-1/b20-9+. The van der Waals surface area contributed by atoms with Gasteiger partial charge in [0.05, 0.1) is 5.69 Å². The van der Waals surface area contributed by atoms with E-state index in [1.807, 2.05) is 0 Å². The Morgan fingerprint density at radius 3 is 2.48 bits per heavy atom. The highest BCUT2D eigenvalue weighted by Crippen LogP contribution is 2.28. The highest BCUT2D eigenvalue weighted by molar-refractivity contribution is 6.30. The quantitative estimate of drug-likeness (QED) is 0.380. The van der Waals surface area contributed by atoms with Crippen molar-refractivity contribution in [2.75, 3.05) is 5.48 Å². The van der Waals surface area contributed by atoms with Crippen LogP contribution in [0.4, 0.5) is 11.4 Å². The van der Waals surface area contributed by atoms with Crippen LogP contribution in [0.3, 0.4) is 0 Å². The van der Waals surface area contributed by atoms with Crippen LogP contribution in [0.15, 0.2) is 49.0 Å². The number of rotatable bonds is 5. The monoisotopic (exact) mass is 330 g/mol. The fraction of sp³-hybridized carbons (Fsp3) is 0. The molecule has 0 unspecified atom stereocenters. The molecular weight excluding hydrogens is 318 g/mol. The van der Waals surface area contributed by atoms with Crippen LogP contribution in [-0.2, 0) is 0 Å². The number of carbonyl (C=O) groups excluding carboxylic acids is 1. The molecule has 0 aromatic heterocycles. The number of benzene rings is 2. The summed E-state index contributed by atoms with van der Waals surface area (Å²) in [6.45, 7) is 3.80. The van der Waals surface area contributed by atoms with Gasteiger partial charge in [-0.3, -0.25) is 4.79 Å². The van der Waals surface area contributed by atoms with E-state index in [0.717, 1.165) is 6.21 Å². The first-order valence-corrected chi connectivity index (χ1v) is 6.89. The Labute approximate surface area is 137 Å². The molecule has 23 heavy (non-hydrogen) atoms. The average molecular weight is 331 g/mol. The zero-order valence-corrected chi connectivity index (χ0v) is 12.7. The Morgan fingerprint density at radius 1 is 1.26 bits per heavy atom. The zero-order valence-electron chi connectivity index (χ0n) is 12.0. The number of amides is 1. The van der Waals surface area contributed by atoms with Gasteiger partial charge in [0.15, 0.2) is 6.21 Å². The summed E-state index contributed by atoms with van der Waals surface area (Å²) in [5.74, 6) is -0.816. The molecule has 0 saturated carbocycles. The van der Waals surface area contributed by atoms with Crippen LogP contribution >= 0.6 is 11.6 Å². The van der Waals surface area contributed by atoms with Gasteiger partial charge in [0.2, 0.25) is 0 Å². The normalized spacial score (nSPS) is 11.1. The van der Waals surface area contributed by atoms with Crippen molar-refractivity contribution in [3.8, 4) is 0 Å². The van der Waals surface area contributed by atoms with E-state index < -0.39 is 5.91 Å². The predicted molar refractivity (Wildman–Crippen MR) is 91.8 cm³/mol. The van der Waals surface area contributed by atoms with Gasteiger partial charge in [-0.05, 0) is 29.8 Å². The smallest absolute Gasteiger partial charge is 0.255 e. The molecule has 2 aromatic carbocycles. The minimum atomic E-state index is -0.816. The number of nitrogens with zero attached hydrogens (tertiary/aromatic N) is 1. The van der Waals surface area contributed by atoms with Crippen molar-refractivity contribution in [1.29, 1.82) is 0 Å². The Hall–Kier alpha value is -2.83. The van der Waals surface area contributed by atoms with Gasteiger partial charge in [-0.25, -0.2) is 0 Å². The number of anilines is 1. The second kappa shape index (κ2) is 6.95. The Morgan fingerprint density at radius 2 is 1.91 bits per heavy atom. The summed E-state index contributed by atoms with van der Waals surface area (Å²) in [5, 5.41) is 23.9. The van der Waals surface area contributed by atoms with Crippen molar-refractivity contribution in [2.45, 2.75) is 0 Å². The summed E-state index contributed by atoms with van der Waals surface area (Å²) in [6.07, 6.45) is 1.16. The molecule has 0 heterocycles. The van der Waals surface area contributed by atoms with E-state index >= 15 is 0 Å². The lowest BCUT2D eigenvalue weighted by molar-refractivity contribution is -0.352. The number of hydrogen-bond donors (Lipinski definition) is 2. The van der Waals surface area contributed by atoms with Crippen molar-refractivity contribution >= 4 is 40.7 Å². The van der Waals surface area contributed by atoms with E-state index in [1.54, 1.807) is 29.7 Å². The summed E-state index contributed by atoms with van der Waals surface area (Å²) < 4.78 is 0.386. The molecule has 7 heteroatoms. The van der Waals surface area contributed by atoms with Crippen molar-refractivity contribution in [3.63, 3.8) is 0 Å². The second-order valence-electron chi connectivity index (χ2n) is 4.66. The fourth-order valence-corrected chi connectivity index (χ4v) is 2.13. The molecule has 0 aliphatic rings. The third-order valence-corrected chi connectivity index (χ3v) is 3.37. The summed E-state index contributed by atoms with van der Waals surface area (Å²) in [6, 6.07) is 10.9. The molecule has 2 rings (SSSR count). The number of allylic oxidation sites excluding steroid dienone is 1. The van der Waals surface area contributed by atoms with Crippen molar-refractivity contribution in [2.24, 2.45) is 5.73 Å².